The van der Waals surface area contributed by atoms with Gasteiger partial charge < -0.3 is 15.0 Å². The van der Waals surface area contributed by atoms with Gasteiger partial charge in [0.15, 0.2) is 0 Å². The van der Waals surface area contributed by atoms with Gasteiger partial charge in [-0.15, -0.1) is 0 Å². The third-order valence-electron chi connectivity index (χ3n) is 3.20. The molecule has 0 aliphatic carbocycles. The van der Waals surface area contributed by atoms with Gasteiger partial charge in [0.2, 0.25) is 0 Å². The maximum absolute atomic E-state index is 6.45. The summed E-state index contributed by atoms with van der Waals surface area (Å²) in [6.45, 7) is 11.0. The molecule has 0 unspecified atom stereocenters. The van der Waals surface area contributed by atoms with Crippen molar-refractivity contribution in [1.82, 2.24) is 5.32 Å². The summed E-state index contributed by atoms with van der Waals surface area (Å²) in [5.41, 5.74) is 2.29. The van der Waals surface area contributed by atoms with Crippen LogP contribution in [0, 0.1) is 0 Å². The van der Waals surface area contributed by atoms with Crippen molar-refractivity contribution < 1.29 is 4.74 Å². The second kappa shape index (κ2) is 8.50. The molecular formula is C16H27ClN2O. The lowest BCUT2D eigenvalue weighted by Gasteiger charge is -2.29. The fourth-order valence-corrected chi connectivity index (χ4v) is 2.37. The highest BCUT2D eigenvalue weighted by Gasteiger charge is 2.14. The predicted octanol–water partition coefficient (Wildman–Crippen LogP) is 3.70. The molecular weight excluding hydrogens is 272 g/mol. The van der Waals surface area contributed by atoms with Crippen molar-refractivity contribution in [2.75, 3.05) is 25.2 Å². The van der Waals surface area contributed by atoms with Crippen LogP contribution >= 0.6 is 11.6 Å². The average molecular weight is 299 g/mol. The first-order valence-electron chi connectivity index (χ1n) is 7.23. The number of halogens is 1. The number of anilines is 1. The Morgan fingerprint density at radius 1 is 1.25 bits per heavy atom. The number of ether oxygens (including phenoxy) is 1. The van der Waals surface area contributed by atoms with Crippen molar-refractivity contribution in [3.63, 3.8) is 0 Å². The molecule has 0 fully saturated rings. The van der Waals surface area contributed by atoms with Crippen molar-refractivity contribution in [3.05, 3.63) is 28.8 Å². The summed E-state index contributed by atoms with van der Waals surface area (Å²) in [6.07, 6.45) is 0. The number of nitrogens with zero attached hydrogens (tertiary/aromatic N) is 1. The second-order valence-electron chi connectivity index (χ2n) is 5.60. The number of rotatable bonds is 8. The van der Waals surface area contributed by atoms with E-state index in [0.717, 1.165) is 23.8 Å². The van der Waals surface area contributed by atoms with Gasteiger partial charge in [-0.25, -0.2) is 0 Å². The molecule has 1 rings (SSSR count). The van der Waals surface area contributed by atoms with E-state index in [4.69, 9.17) is 16.3 Å². The zero-order valence-corrected chi connectivity index (χ0v) is 14.0. The lowest BCUT2D eigenvalue weighted by Crippen LogP contribution is -2.34. The lowest BCUT2D eigenvalue weighted by molar-refractivity contribution is 0.204. The molecule has 0 spiro atoms. The Morgan fingerprint density at radius 2 is 1.95 bits per heavy atom. The molecule has 4 heteroatoms. The Bertz CT molecular complexity index is 407. The SMILES string of the molecule is COCCN(c1ccc(CNC(C)C)cc1Cl)C(C)C. The number of nitrogens with one attached hydrogen (secondary N) is 1. The highest BCUT2D eigenvalue weighted by molar-refractivity contribution is 6.33. The van der Waals surface area contributed by atoms with Crippen molar-refractivity contribution in [1.29, 1.82) is 0 Å². The van der Waals surface area contributed by atoms with Gasteiger partial charge in [-0.3, -0.25) is 0 Å². The van der Waals surface area contributed by atoms with E-state index in [1.807, 2.05) is 0 Å². The van der Waals surface area contributed by atoms with E-state index in [1.54, 1.807) is 7.11 Å². The van der Waals surface area contributed by atoms with Gasteiger partial charge in [-0.1, -0.05) is 31.5 Å². The molecule has 0 amide bonds. The summed E-state index contributed by atoms with van der Waals surface area (Å²) < 4.78 is 5.18. The minimum absolute atomic E-state index is 0.391. The van der Waals surface area contributed by atoms with Crippen LogP contribution in [-0.4, -0.2) is 32.3 Å². The molecule has 0 bridgehead atoms. The Balaban J connectivity index is 2.83. The third-order valence-corrected chi connectivity index (χ3v) is 3.50. The highest BCUT2D eigenvalue weighted by Crippen LogP contribution is 2.28. The number of hydrogen-bond acceptors (Lipinski definition) is 3. The molecule has 0 heterocycles. The van der Waals surface area contributed by atoms with Gasteiger partial charge in [-0.05, 0) is 31.5 Å². The first kappa shape index (κ1) is 17.3. The summed E-state index contributed by atoms with van der Waals surface area (Å²) in [6, 6.07) is 7.16. The first-order chi connectivity index (χ1) is 9.45. The third kappa shape index (κ3) is 5.31. The fraction of sp³-hybridized carbons (Fsp3) is 0.625. The second-order valence-corrected chi connectivity index (χ2v) is 6.01. The van der Waals surface area contributed by atoms with Crippen LogP contribution in [0.25, 0.3) is 0 Å². The topological polar surface area (TPSA) is 24.5 Å². The molecule has 0 aliphatic heterocycles. The average Bonchev–Trinajstić information content (AvgIpc) is 2.38. The van der Waals surface area contributed by atoms with Crippen molar-refractivity contribution in [2.24, 2.45) is 0 Å². The van der Waals surface area contributed by atoms with E-state index in [1.165, 1.54) is 5.56 Å². The largest absolute Gasteiger partial charge is 0.383 e. The van der Waals surface area contributed by atoms with E-state index < -0.39 is 0 Å². The number of hydrogen-bond donors (Lipinski definition) is 1. The summed E-state index contributed by atoms with van der Waals surface area (Å²) in [4.78, 5) is 2.27. The molecule has 0 aromatic heterocycles. The minimum Gasteiger partial charge on any atom is -0.383 e. The van der Waals surface area contributed by atoms with Gasteiger partial charge in [0, 0.05) is 32.3 Å². The highest BCUT2D eigenvalue weighted by atomic mass is 35.5. The first-order valence-corrected chi connectivity index (χ1v) is 7.61. The number of methoxy groups -OCH3 is 1. The van der Waals surface area contributed by atoms with Crippen LogP contribution in [0.5, 0.6) is 0 Å². The van der Waals surface area contributed by atoms with Gasteiger partial charge in [-0.2, -0.15) is 0 Å². The lowest BCUT2D eigenvalue weighted by atomic mass is 10.1. The minimum atomic E-state index is 0.391. The Hall–Kier alpha value is -0.770. The van der Waals surface area contributed by atoms with Crippen LogP contribution in [0.4, 0.5) is 5.69 Å². The van der Waals surface area contributed by atoms with Gasteiger partial charge >= 0.3 is 0 Å². The molecule has 1 N–H and O–H groups in total. The summed E-state index contributed by atoms with van der Waals surface area (Å²) in [7, 11) is 1.72. The maximum Gasteiger partial charge on any atom is 0.0642 e. The van der Waals surface area contributed by atoms with Crippen molar-refractivity contribution in [2.45, 2.75) is 46.3 Å². The zero-order valence-electron chi connectivity index (χ0n) is 13.2. The molecule has 0 saturated carbocycles. The van der Waals surface area contributed by atoms with E-state index in [0.29, 0.717) is 18.7 Å². The van der Waals surface area contributed by atoms with E-state index >= 15 is 0 Å². The van der Waals surface area contributed by atoms with Crippen LogP contribution in [0.15, 0.2) is 18.2 Å². The Labute approximate surface area is 128 Å². The van der Waals surface area contributed by atoms with Crippen LogP contribution in [0.1, 0.15) is 33.3 Å². The van der Waals surface area contributed by atoms with Crippen LogP contribution in [0.3, 0.4) is 0 Å². The van der Waals surface area contributed by atoms with E-state index in [2.05, 4.69) is 56.1 Å². The summed E-state index contributed by atoms with van der Waals surface area (Å²) in [5.74, 6) is 0. The summed E-state index contributed by atoms with van der Waals surface area (Å²) >= 11 is 6.45. The monoisotopic (exact) mass is 298 g/mol. The zero-order chi connectivity index (χ0) is 15.1. The summed E-state index contributed by atoms with van der Waals surface area (Å²) in [5, 5.41) is 4.21. The van der Waals surface area contributed by atoms with E-state index in [9.17, 15) is 0 Å². The molecule has 0 atom stereocenters. The maximum atomic E-state index is 6.45. The predicted molar refractivity (Wildman–Crippen MR) is 87.8 cm³/mol. The molecule has 1 aromatic carbocycles. The Morgan fingerprint density at radius 3 is 2.45 bits per heavy atom. The molecule has 3 nitrogen and oxygen atoms in total. The molecule has 0 saturated heterocycles. The van der Waals surface area contributed by atoms with Crippen LogP contribution in [0.2, 0.25) is 5.02 Å². The van der Waals surface area contributed by atoms with Crippen molar-refractivity contribution >= 4 is 17.3 Å². The van der Waals surface area contributed by atoms with E-state index in [-0.39, 0.29) is 0 Å². The Kier molecular flexibility index (Phi) is 7.35. The van der Waals surface area contributed by atoms with Crippen molar-refractivity contribution in [3.8, 4) is 0 Å². The standard InChI is InChI=1S/C16H27ClN2O/c1-12(2)18-11-14-6-7-16(15(17)10-14)19(13(3)4)8-9-20-5/h6-7,10,12-13,18H,8-9,11H2,1-5H3. The molecule has 0 radical (unpaired) electrons. The number of benzene rings is 1. The van der Waals surface area contributed by atoms with Crippen LogP contribution < -0.4 is 10.2 Å². The molecule has 0 aliphatic rings. The van der Waals surface area contributed by atoms with Gasteiger partial charge in [0.25, 0.3) is 0 Å². The van der Waals surface area contributed by atoms with Gasteiger partial charge in [0.1, 0.15) is 0 Å². The van der Waals surface area contributed by atoms with Gasteiger partial charge in [0.05, 0.1) is 17.3 Å². The molecule has 1 aromatic rings. The molecule has 114 valence electrons. The quantitative estimate of drug-likeness (QED) is 0.792. The molecule has 20 heavy (non-hydrogen) atoms. The smallest absolute Gasteiger partial charge is 0.0642 e. The normalized spacial score (nSPS) is 11.4. The van der Waals surface area contributed by atoms with Crippen LogP contribution in [-0.2, 0) is 11.3 Å². The fourth-order valence-electron chi connectivity index (χ4n) is 2.06.